The molecule has 0 unspecified atom stereocenters. The molecule has 0 aliphatic heterocycles. The Hall–Kier alpha value is -5.96. The van der Waals surface area contributed by atoms with E-state index >= 15 is 0 Å². The summed E-state index contributed by atoms with van der Waals surface area (Å²) in [5, 5.41) is 12.3. The summed E-state index contributed by atoms with van der Waals surface area (Å²) in [6.45, 7) is 23.8. The molecule has 0 atom stereocenters. The number of nitrogens with two attached hydrogens (primary N) is 5. The van der Waals surface area contributed by atoms with Gasteiger partial charge in [0.05, 0.1) is 142 Å². The Bertz CT molecular complexity index is 1700. The lowest BCUT2D eigenvalue weighted by atomic mass is 9.92. The summed E-state index contributed by atoms with van der Waals surface area (Å²) in [5.74, 6) is -3.77. The lowest BCUT2D eigenvalue weighted by Crippen LogP contribution is -2.43. The zero-order chi connectivity index (χ0) is 70.3. The molecule has 0 spiro atoms. The van der Waals surface area contributed by atoms with E-state index in [4.69, 9.17) is 104 Å². The number of ether oxygens (including phenoxy) is 16. The molecule has 0 rings (SSSR count). The number of esters is 8. The van der Waals surface area contributed by atoms with Crippen LogP contribution in [0.3, 0.4) is 0 Å². The highest BCUT2D eigenvalue weighted by Crippen LogP contribution is 2.22. The van der Waals surface area contributed by atoms with E-state index in [9.17, 15) is 38.4 Å². The van der Waals surface area contributed by atoms with E-state index in [1.807, 2.05) is 6.92 Å². The van der Waals surface area contributed by atoms with E-state index in [0.29, 0.717) is 78.5 Å². The van der Waals surface area contributed by atoms with Crippen molar-refractivity contribution in [1.82, 2.24) is 21.3 Å². The Morgan fingerprint density at radius 3 is 0.649 bits per heavy atom. The second-order valence-corrected chi connectivity index (χ2v) is 19.7. The van der Waals surface area contributed by atoms with Crippen molar-refractivity contribution in [2.45, 2.75) is 39.0 Å². The van der Waals surface area contributed by atoms with Gasteiger partial charge in [-0.25, -0.2) is 19.2 Å². The van der Waals surface area contributed by atoms with Gasteiger partial charge in [0, 0.05) is 103 Å². The van der Waals surface area contributed by atoms with Crippen molar-refractivity contribution in [2.75, 3.05) is 244 Å². The van der Waals surface area contributed by atoms with Gasteiger partial charge in [-0.1, -0.05) is 33.2 Å². The summed E-state index contributed by atoms with van der Waals surface area (Å²) >= 11 is 0. The van der Waals surface area contributed by atoms with Crippen molar-refractivity contribution in [2.24, 2.45) is 39.5 Å². The average molecular weight is 1360 g/mol. The fourth-order valence-corrected chi connectivity index (χ4v) is 6.74. The standard InChI is InChI=1S/C34H69N7O12.C25H36O12.C2H8N2/c1-2-10-38-11-3-30(42)50-22-18-46-26-34(27-47-19-23-51-31(43)4-12-39-15-7-35,28-48-20-24-52-32(44)5-13-40-16-8-36)29-49-21-25-53-33(45)6-14-41-17-9-37;1-5-21(26)34-13-9-30-17-25(18-31-10-14-35-22(27)6-2,19-32-11-15-36-23(28)7-3)20-33-12-16-37-24(29)8-4;3-1-2-4/h38-41H,2-29,35-37H2,1H3;5-8H,1-4,9-20H2;1-4H2. The number of carbonyl (C=O) groups excluding carboxylic acids is 8. The predicted molar refractivity (Wildman–Crippen MR) is 345 cm³/mol. The van der Waals surface area contributed by atoms with Crippen LogP contribution in [0.25, 0.3) is 0 Å². The van der Waals surface area contributed by atoms with Gasteiger partial charge in [0.1, 0.15) is 52.9 Å². The zero-order valence-corrected chi connectivity index (χ0v) is 55.5. The minimum absolute atomic E-state index is 0.00395. The topological polar surface area (TPSA) is 462 Å². The van der Waals surface area contributed by atoms with Gasteiger partial charge in [0.15, 0.2) is 0 Å². The Morgan fingerprint density at radius 1 is 0.287 bits per heavy atom. The molecule has 33 heteroatoms. The molecule has 546 valence electrons. The minimum Gasteiger partial charge on any atom is -0.463 e. The lowest BCUT2D eigenvalue weighted by Gasteiger charge is -2.33. The van der Waals surface area contributed by atoms with Crippen molar-refractivity contribution in [3.05, 3.63) is 50.6 Å². The normalized spacial score (nSPS) is 10.9. The second-order valence-electron chi connectivity index (χ2n) is 19.7. The molecule has 14 N–H and O–H groups in total. The van der Waals surface area contributed by atoms with Crippen LogP contribution < -0.4 is 49.9 Å². The van der Waals surface area contributed by atoms with Crippen LogP contribution in [0.15, 0.2) is 50.6 Å². The smallest absolute Gasteiger partial charge is 0.330 e. The first-order chi connectivity index (χ1) is 45.6. The maximum atomic E-state index is 12.1. The zero-order valence-electron chi connectivity index (χ0n) is 55.5. The number of rotatable bonds is 65. The summed E-state index contributed by atoms with van der Waals surface area (Å²) in [5.41, 5.74) is 24.4. The van der Waals surface area contributed by atoms with Crippen LogP contribution in [0.4, 0.5) is 0 Å². The first kappa shape index (κ1) is 92.2. The molecule has 0 fully saturated rings. The molecule has 94 heavy (non-hydrogen) atoms. The van der Waals surface area contributed by atoms with Crippen molar-refractivity contribution in [3.8, 4) is 0 Å². The van der Waals surface area contributed by atoms with Crippen LogP contribution >= 0.6 is 0 Å². The third kappa shape index (κ3) is 63.4. The lowest BCUT2D eigenvalue weighted by molar-refractivity contribution is -0.152. The monoisotopic (exact) mass is 1360 g/mol. The molecule has 0 heterocycles. The number of hydrogen-bond acceptors (Lipinski definition) is 33. The van der Waals surface area contributed by atoms with Crippen molar-refractivity contribution in [1.29, 1.82) is 0 Å². The quantitative estimate of drug-likeness (QED) is 0.0129. The van der Waals surface area contributed by atoms with Crippen molar-refractivity contribution in [3.63, 3.8) is 0 Å². The second kappa shape index (κ2) is 69.9. The van der Waals surface area contributed by atoms with Crippen molar-refractivity contribution >= 4 is 47.8 Å². The van der Waals surface area contributed by atoms with E-state index in [1.54, 1.807) is 0 Å². The van der Waals surface area contributed by atoms with E-state index in [0.717, 1.165) is 37.3 Å². The van der Waals surface area contributed by atoms with Gasteiger partial charge in [-0.15, -0.1) is 0 Å². The van der Waals surface area contributed by atoms with E-state index in [-0.39, 0.29) is 208 Å². The summed E-state index contributed by atoms with van der Waals surface area (Å²) in [6.07, 6.45) is 5.97. The number of hydrogen-bond donors (Lipinski definition) is 9. The van der Waals surface area contributed by atoms with Crippen LogP contribution in [-0.2, 0) is 114 Å². The molecule has 0 aromatic rings. The van der Waals surface area contributed by atoms with Crippen molar-refractivity contribution < 1.29 is 114 Å². The summed E-state index contributed by atoms with van der Waals surface area (Å²) in [4.78, 5) is 93.0. The van der Waals surface area contributed by atoms with Gasteiger partial charge in [0.2, 0.25) is 0 Å². The maximum Gasteiger partial charge on any atom is 0.330 e. The Balaban J connectivity index is -0.00000176. The summed E-state index contributed by atoms with van der Waals surface area (Å²) < 4.78 is 87.1. The molecule has 0 aliphatic carbocycles. The Morgan fingerprint density at radius 2 is 0.479 bits per heavy atom. The Kier molecular flexibility index (Phi) is 68.5. The van der Waals surface area contributed by atoms with E-state index in [2.05, 4.69) is 47.6 Å². The fourth-order valence-electron chi connectivity index (χ4n) is 6.74. The van der Waals surface area contributed by atoms with Crippen LogP contribution in [-0.4, -0.2) is 291 Å². The van der Waals surface area contributed by atoms with Gasteiger partial charge in [0.25, 0.3) is 0 Å². The summed E-state index contributed by atoms with van der Waals surface area (Å²) in [6, 6.07) is 0. The van der Waals surface area contributed by atoms with E-state index in [1.165, 1.54) is 0 Å². The van der Waals surface area contributed by atoms with Gasteiger partial charge in [-0.3, -0.25) is 19.2 Å². The van der Waals surface area contributed by atoms with Crippen LogP contribution in [0.5, 0.6) is 0 Å². The molecule has 0 aliphatic rings. The SMILES string of the molecule is C=CC(=O)OCCOCC(COCCOC(=O)C=C)(COCCOC(=O)C=C)COCCOC(=O)C=C.CCCNCCC(=O)OCCOCC(COCCOC(=O)CCNCCN)(COCCOC(=O)CCNCCN)COCCOC(=O)CCNCCN.NCCN. The van der Waals surface area contributed by atoms with Gasteiger partial charge >= 0.3 is 47.8 Å². The van der Waals surface area contributed by atoms with Gasteiger partial charge in [-0.2, -0.15) is 0 Å². The highest BCUT2D eigenvalue weighted by Gasteiger charge is 2.34. The van der Waals surface area contributed by atoms with E-state index < -0.39 is 34.7 Å². The van der Waals surface area contributed by atoms with Crippen LogP contribution in [0.2, 0.25) is 0 Å². The molecule has 0 bridgehead atoms. The average Bonchev–Trinajstić information content (AvgIpc) is 0.979. The first-order valence-electron chi connectivity index (χ1n) is 31.3. The molecule has 0 saturated carbocycles. The first-order valence-corrected chi connectivity index (χ1v) is 31.3. The molecule has 0 amide bonds. The van der Waals surface area contributed by atoms with Crippen LogP contribution in [0.1, 0.15) is 39.0 Å². The molecule has 0 aromatic heterocycles. The largest absolute Gasteiger partial charge is 0.463 e. The number of carbonyl (C=O) groups is 8. The van der Waals surface area contributed by atoms with Gasteiger partial charge < -0.3 is 126 Å². The highest BCUT2D eigenvalue weighted by atomic mass is 16.6. The summed E-state index contributed by atoms with van der Waals surface area (Å²) in [7, 11) is 0. The number of nitrogens with one attached hydrogen (secondary N) is 4. The van der Waals surface area contributed by atoms with Crippen LogP contribution in [0, 0.1) is 10.8 Å². The fraction of sp³-hybridized carbons (Fsp3) is 0.738. The molecule has 0 saturated heterocycles. The van der Waals surface area contributed by atoms with Gasteiger partial charge in [-0.05, 0) is 13.0 Å². The molecular formula is C61H113N9O24. The molecule has 0 radical (unpaired) electrons. The molecule has 33 nitrogen and oxygen atoms in total. The Labute approximate surface area is 554 Å². The maximum absolute atomic E-state index is 12.1. The minimum atomic E-state index is -0.892. The molecular weight excluding hydrogens is 1240 g/mol. The highest BCUT2D eigenvalue weighted by molar-refractivity contribution is 5.82. The third-order valence-electron chi connectivity index (χ3n) is 11.4. The predicted octanol–water partition coefficient (Wildman–Crippen LogP) is -2.72. The molecule has 0 aromatic carbocycles. The third-order valence-corrected chi connectivity index (χ3v) is 11.4.